The molecule has 4 aromatic heterocycles. The second-order valence-corrected chi connectivity index (χ2v) is 16.7. The number of hydrogen-bond donors (Lipinski definition) is 0. The molecule has 4 heteroatoms. The fourth-order valence-electron chi connectivity index (χ4n) is 10.2. The van der Waals surface area contributed by atoms with Gasteiger partial charge in [-0.25, -0.2) is 0 Å². The maximum Gasteiger partial charge on any atom is 0.131 e. The molecule has 296 valence electrons. The standard InChI is InChI=1S/C52H38N4.C6H6/c1-34-24-26-36(27-25-34)54-46-21-11-7-17-40(46)44-33-38(29-31-50(44)54)56-48-23-13-9-19-42(48)51-41-18-8-12-22-47(41)55(52(51)56)37-28-30-49-43(32-37)39-16-6-10-20-45(39)53(49)35-14-4-2-3-5-15-35;1-2-4-6-5-3-1/h2-4,6-24,26,28-34,36H,25,27H2,1H3;1-6H. The van der Waals surface area contributed by atoms with Crippen LogP contribution in [0.2, 0.25) is 0 Å². The van der Waals surface area contributed by atoms with Gasteiger partial charge in [0.1, 0.15) is 5.65 Å². The van der Waals surface area contributed by atoms with Crippen LogP contribution in [0.4, 0.5) is 0 Å². The van der Waals surface area contributed by atoms with Crippen molar-refractivity contribution in [2.75, 3.05) is 0 Å². The molecule has 4 heterocycles. The third-order valence-corrected chi connectivity index (χ3v) is 13.0. The van der Waals surface area contributed by atoms with E-state index in [1.165, 1.54) is 82.9 Å². The molecule has 13 rings (SSSR count). The molecule has 7 aromatic carbocycles. The van der Waals surface area contributed by atoms with E-state index < -0.39 is 0 Å². The summed E-state index contributed by atoms with van der Waals surface area (Å²) in [6.45, 7) is 2.33. The zero-order valence-electron chi connectivity index (χ0n) is 34.6. The van der Waals surface area contributed by atoms with E-state index in [1.807, 2.05) is 48.6 Å². The quantitative estimate of drug-likeness (QED) is 0.125. The van der Waals surface area contributed by atoms with Gasteiger partial charge >= 0.3 is 0 Å². The molecule has 0 fully saturated rings. The Morgan fingerprint density at radius 1 is 0.452 bits per heavy atom. The molecule has 11 aromatic rings. The van der Waals surface area contributed by atoms with Crippen LogP contribution in [0.1, 0.15) is 25.8 Å². The van der Waals surface area contributed by atoms with Crippen LogP contribution in [0.3, 0.4) is 0 Å². The average Bonchev–Trinajstić information content (AvgIpc) is 3.98. The Bertz CT molecular complexity index is 3670. The van der Waals surface area contributed by atoms with Crippen molar-refractivity contribution in [1.82, 2.24) is 18.3 Å². The Morgan fingerprint density at radius 2 is 0.952 bits per heavy atom. The molecule has 2 unspecified atom stereocenters. The highest BCUT2D eigenvalue weighted by Gasteiger charge is 2.25. The number of benzene rings is 7. The summed E-state index contributed by atoms with van der Waals surface area (Å²) >= 11 is 0. The monoisotopic (exact) mass is 796 g/mol. The Kier molecular flexibility index (Phi) is 8.58. The van der Waals surface area contributed by atoms with Crippen LogP contribution in [0.25, 0.3) is 93.5 Å². The molecule has 0 aliphatic heterocycles. The highest BCUT2D eigenvalue weighted by molar-refractivity contribution is 6.23. The van der Waals surface area contributed by atoms with Gasteiger partial charge in [0.15, 0.2) is 0 Å². The molecular formula is C58H44N4. The molecule has 2 aliphatic rings. The van der Waals surface area contributed by atoms with E-state index in [9.17, 15) is 0 Å². The zero-order chi connectivity index (χ0) is 41.1. The number of fused-ring (bicyclic) bond motifs is 11. The SMILES string of the molecule is CC1C=CC(n2c3ccccc3c3cc(-n4c5ccccc5c5c6ccccc6n(-c6ccc7c(c6)c6ccccc6n7C6=CC=CC=C=C6)c54)ccc32)CC1.c1ccccc1. The summed E-state index contributed by atoms with van der Waals surface area (Å²) in [4.78, 5) is 0. The van der Waals surface area contributed by atoms with Crippen LogP contribution < -0.4 is 0 Å². The first-order chi connectivity index (χ1) is 30.7. The Hall–Kier alpha value is -7.78. The molecule has 0 saturated carbocycles. The molecule has 0 N–H and O–H groups in total. The van der Waals surface area contributed by atoms with Crippen molar-refractivity contribution < 1.29 is 0 Å². The zero-order valence-corrected chi connectivity index (χ0v) is 34.6. The molecule has 0 bridgehead atoms. The topological polar surface area (TPSA) is 19.7 Å². The van der Waals surface area contributed by atoms with E-state index in [1.54, 1.807) is 0 Å². The van der Waals surface area contributed by atoms with Crippen molar-refractivity contribution in [3.8, 4) is 11.4 Å². The van der Waals surface area contributed by atoms with E-state index in [0.29, 0.717) is 12.0 Å². The molecule has 0 amide bonds. The first-order valence-corrected chi connectivity index (χ1v) is 21.8. The molecule has 62 heavy (non-hydrogen) atoms. The summed E-state index contributed by atoms with van der Waals surface area (Å²) in [5.41, 5.74) is 15.2. The lowest BCUT2D eigenvalue weighted by Crippen LogP contribution is -2.11. The van der Waals surface area contributed by atoms with Crippen molar-refractivity contribution in [2.45, 2.75) is 25.8 Å². The van der Waals surface area contributed by atoms with Gasteiger partial charge in [-0.05, 0) is 91.6 Å². The van der Waals surface area contributed by atoms with E-state index in [0.717, 1.165) is 23.5 Å². The van der Waals surface area contributed by atoms with E-state index in [2.05, 4.69) is 195 Å². The van der Waals surface area contributed by atoms with Crippen molar-refractivity contribution in [3.05, 3.63) is 218 Å². The molecule has 4 nitrogen and oxygen atoms in total. The second-order valence-electron chi connectivity index (χ2n) is 16.7. The Morgan fingerprint density at radius 3 is 1.56 bits per heavy atom. The second kappa shape index (κ2) is 14.7. The summed E-state index contributed by atoms with van der Waals surface area (Å²) in [5, 5.41) is 8.83. The fraction of sp³-hybridized carbons (Fsp3) is 0.0862. The summed E-state index contributed by atoms with van der Waals surface area (Å²) in [6, 6.07) is 62.0. The Labute approximate surface area is 360 Å². The third-order valence-electron chi connectivity index (χ3n) is 13.0. The maximum atomic E-state index is 3.33. The normalized spacial score (nSPS) is 16.2. The summed E-state index contributed by atoms with van der Waals surface area (Å²) in [6.07, 6.45) is 17.5. The highest BCUT2D eigenvalue weighted by atomic mass is 15.1. The number of nitrogens with zero attached hydrogens (tertiary/aromatic N) is 4. The number of allylic oxidation sites excluding steroid dienone is 7. The van der Waals surface area contributed by atoms with Crippen molar-refractivity contribution in [1.29, 1.82) is 0 Å². The number of hydrogen-bond acceptors (Lipinski definition) is 0. The first kappa shape index (κ1) is 36.1. The van der Waals surface area contributed by atoms with E-state index in [4.69, 9.17) is 0 Å². The predicted octanol–water partition coefficient (Wildman–Crippen LogP) is 15.3. The van der Waals surface area contributed by atoms with Gasteiger partial charge in [-0.15, -0.1) is 5.73 Å². The van der Waals surface area contributed by atoms with Crippen LogP contribution in [0.5, 0.6) is 0 Å². The van der Waals surface area contributed by atoms with Crippen LogP contribution >= 0.6 is 0 Å². The lowest BCUT2D eigenvalue weighted by molar-refractivity contribution is 0.479. The van der Waals surface area contributed by atoms with Gasteiger partial charge in [0.05, 0.1) is 33.8 Å². The van der Waals surface area contributed by atoms with Gasteiger partial charge < -0.3 is 9.13 Å². The number of para-hydroxylation sites is 4. The van der Waals surface area contributed by atoms with Gasteiger partial charge in [0.2, 0.25) is 0 Å². The molecule has 0 spiro atoms. The molecule has 2 aliphatic carbocycles. The minimum atomic E-state index is 0.352. The maximum absolute atomic E-state index is 3.33. The third kappa shape index (κ3) is 5.69. The summed E-state index contributed by atoms with van der Waals surface area (Å²) in [7, 11) is 0. The minimum Gasteiger partial charge on any atom is -0.333 e. The van der Waals surface area contributed by atoms with Crippen molar-refractivity contribution in [2.24, 2.45) is 5.92 Å². The van der Waals surface area contributed by atoms with Gasteiger partial charge in [-0.3, -0.25) is 9.13 Å². The van der Waals surface area contributed by atoms with Crippen LogP contribution in [0, 0.1) is 5.92 Å². The van der Waals surface area contributed by atoms with Crippen LogP contribution in [-0.4, -0.2) is 18.3 Å². The molecule has 0 radical (unpaired) electrons. The Balaban J connectivity index is 0.000000633. The summed E-state index contributed by atoms with van der Waals surface area (Å²) < 4.78 is 9.94. The van der Waals surface area contributed by atoms with Gasteiger partial charge in [-0.1, -0.05) is 140 Å². The highest BCUT2D eigenvalue weighted by Crippen LogP contribution is 2.44. The van der Waals surface area contributed by atoms with Crippen molar-refractivity contribution in [3.63, 3.8) is 0 Å². The average molecular weight is 797 g/mol. The van der Waals surface area contributed by atoms with E-state index >= 15 is 0 Å². The number of rotatable bonds is 4. The summed E-state index contributed by atoms with van der Waals surface area (Å²) in [5.74, 6) is 0.632. The molecule has 2 atom stereocenters. The van der Waals surface area contributed by atoms with Crippen molar-refractivity contribution >= 4 is 82.1 Å². The van der Waals surface area contributed by atoms with Gasteiger partial charge in [0, 0.05) is 66.2 Å². The van der Waals surface area contributed by atoms with Gasteiger partial charge in [-0.2, -0.15) is 0 Å². The number of aromatic nitrogens is 4. The van der Waals surface area contributed by atoms with E-state index in [-0.39, 0.29) is 0 Å². The largest absolute Gasteiger partial charge is 0.333 e. The fourth-order valence-corrected chi connectivity index (χ4v) is 10.2. The first-order valence-electron chi connectivity index (χ1n) is 21.8. The molecular weight excluding hydrogens is 753 g/mol. The van der Waals surface area contributed by atoms with Crippen LogP contribution in [0.15, 0.2) is 218 Å². The predicted molar refractivity (Wildman–Crippen MR) is 263 cm³/mol. The van der Waals surface area contributed by atoms with Crippen LogP contribution in [-0.2, 0) is 0 Å². The minimum absolute atomic E-state index is 0.352. The molecule has 0 saturated heterocycles. The smallest absolute Gasteiger partial charge is 0.131 e. The lowest BCUT2D eigenvalue weighted by atomic mass is 9.94. The van der Waals surface area contributed by atoms with Gasteiger partial charge in [0.25, 0.3) is 0 Å². The lowest BCUT2D eigenvalue weighted by Gasteiger charge is -2.23.